The Morgan fingerprint density at radius 3 is 2.22 bits per heavy atom. The molecule has 0 saturated heterocycles. The van der Waals surface area contributed by atoms with Crippen molar-refractivity contribution in [2.45, 2.75) is 17.9 Å². The van der Waals surface area contributed by atoms with Crippen molar-refractivity contribution in [1.29, 1.82) is 0 Å². The van der Waals surface area contributed by atoms with Gasteiger partial charge in [-0.05, 0) is 72.6 Å². The lowest BCUT2D eigenvalue weighted by atomic mass is 10.0. The number of rotatable bonds is 12. The van der Waals surface area contributed by atoms with Crippen LogP contribution in [-0.4, -0.2) is 73.0 Å². The third kappa shape index (κ3) is 8.12. The quantitative estimate of drug-likeness (QED) is 0.198. The number of para-hydroxylation sites is 1. The molecule has 0 aliphatic rings. The van der Waals surface area contributed by atoms with Crippen LogP contribution in [0.15, 0.2) is 95.9 Å². The number of carbonyl (C=O) groups excluding carboxylic acids is 2. The summed E-state index contributed by atoms with van der Waals surface area (Å²) in [4.78, 5) is 28.7. The predicted octanol–water partition coefficient (Wildman–Crippen LogP) is 5.16. The molecule has 0 aromatic heterocycles. The van der Waals surface area contributed by atoms with Crippen molar-refractivity contribution >= 4 is 38.9 Å². The minimum Gasteiger partial charge on any atom is -0.495 e. The number of ether oxygens (including phenoxy) is 1. The fraction of sp³-hybridized carbons (Fsp3) is 0.235. The number of sulfonamides is 1. The molecule has 0 saturated carbocycles. The molecule has 4 aromatic carbocycles. The number of carbonyl (C=O) groups is 2. The Morgan fingerprint density at radius 1 is 0.822 bits per heavy atom. The van der Waals surface area contributed by atoms with Crippen LogP contribution in [0.4, 0.5) is 17.1 Å². The maximum absolute atomic E-state index is 13.6. The van der Waals surface area contributed by atoms with E-state index >= 15 is 0 Å². The average molecular weight is 630 g/mol. The van der Waals surface area contributed by atoms with Crippen LogP contribution in [0.1, 0.15) is 27.6 Å². The normalized spacial score (nSPS) is 11.7. The van der Waals surface area contributed by atoms with Gasteiger partial charge in [-0.1, -0.05) is 36.4 Å². The van der Waals surface area contributed by atoms with E-state index < -0.39 is 10.0 Å². The molecule has 1 unspecified atom stereocenters. The Bertz CT molecular complexity index is 1790. The highest BCUT2D eigenvalue weighted by Crippen LogP contribution is 2.32. The van der Waals surface area contributed by atoms with Gasteiger partial charge < -0.3 is 25.2 Å². The van der Waals surface area contributed by atoms with Crippen LogP contribution in [0.3, 0.4) is 0 Å². The van der Waals surface area contributed by atoms with Gasteiger partial charge in [0.25, 0.3) is 21.8 Å². The first kappa shape index (κ1) is 32.9. The third-order valence-electron chi connectivity index (χ3n) is 7.04. The number of nitrogens with zero attached hydrogens (tertiary/aromatic N) is 2. The molecule has 0 aliphatic heterocycles. The molecule has 1 atom stereocenters. The number of methoxy groups -OCH3 is 1. The van der Waals surface area contributed by atoms with Gasteiger partial charge in [0.2, 0.25) is 0 Å². The summed E-state index contributed by atoms with van der Waals surface area (Å²) >= 11 is 0. The molecular weight excluding hydrogens is 590 g/mol. The van der Waals surface area contributed by atoms with Gasteiger partial charge in [0, 0.05) is 57.7 Å². The standard InChI is InChI=1S/C34H39N5O5S/c1-23(36-33(40)29-15-7-8-16-30(29)38(2)3)22-35-27-13-10-14-28(21-27)37-45(42,43)32-20-25(17-18-31(32)44-6)24-11-9-12-26(19-24)34(41)39(4)5/h7-21,23,35,37H,22H2,1-6H3,(H,36,40). The highest BCUT2D eigenvalue weighted by Gasteiger charge is 2.22. The molecule has 236 valence electrons. The van der Waals surface area contributed by atoms with Gasteiger partial charge >= 0.3 is 0 Å². The van der Waals surface area contributed by atoms with Crippen molar-refractivity contribution < 1.29 is 22.7 Å². The highest BCUT2D eigenvalue weighted by atomic mass is 32.2. The van der Waals surface area contributed by atoms with Gasteiger partial charge in [0.1, 0.15) is 10.6 Å². The van der Waals surface area contributed by atoms with Crippen molar-refractivity contribution in [3.63, 3.8) is 0 Å². The van der Waals surface area contributed by atoms with Crippen LogP contribution < -0.4 is 25.0 Å². The Hall–Kier alpha value is -5.03. The SMILES string of the molecule is COc1ccc(-c2cccc(C(=O)N(C)C)c2)cc1S(=O)(=O)Nc1cccc(NCC(C)NC(=O)c2ccccc2N(C)C)c1. The zero-order chi connectivity index (χ0) is 32.7. The summed E-state index contributed by atoms with van der Waals surface area (Å²) in [6.07, 6.45) is 0. The Kier molecular flexibility index (Phi) is 10.4. The van der Waals surface area contributed by atoms with Crippen molar-refractivity contribution in [3.05, 3.63) is 102 Å². The van der Waals surface area contributed by atoms with Crippen molar-refractivity contribution in [2.24, 2.45) is 0 Å². The first-order chi connectivity index (χ1) is 21.4. The van der Waals surface area contributed by atoms with Gasteiger partial charge in [-0.3, -0.25) is 14.3 Å². The summed E-state index contributed by atoms with van der Waals surface area (Å²) in [5, 5.41) is 6.27. The van der Waals surface area contributed by atoms with E-state index in [0.29, 0.717) is 40.2 Å². The molecule has 0 fully saturated rings. The molecular formula is C34H39N5O5S. The predicted molar refractivity (Wildman–Crippen MR) is 180 cm³/mol. The Labute approximate surface area is 265 Å². The van der Waals surface area contributed by atoms with Gasteiger partial charge in [0.15, 0.2) is 0 Å². The van der Waals surface area contributed by atoms with Crippen LogP contribution in [0.5, 0.6) is 5.75 Å². The van der Waals surface area contributed by atoms with Crippen LogP contribution in [0.2, 0.25) is 0 Å². The number of anilines is 3. The van der Waals surface area contributed by atoms with Gasteiger partial charge in [-0.15, -0.1) is 0 Å². The molecule has 0 heterocycles. The molecule has 0 spiro atoms. The number of amides is 2. The number of benzene rings is 4. The Balaban J connectivity index is 1.48. The molecule has 3 N–H and O–H groups in total. The van der Waals surface area contributed by atoms with Crippen LogP contribution >= 0.6 is 0 Å². The Morgan fingerprint density at radius 2 is 1.51 bits per heavy atom. The zero-order valence-corrected chi connectivity index (χ0v) is 27.1. The largest absolute Gasteiger partial charge is 0.495 e. The summed E-state index contributed by atoms with van der Waals surface area (Å²) in [5.74, 6) is -0.149. The fourth-order valence-corrected chi connectivity index (χ4v) is 5.98. The van der Waals surface area contributed by atoms with Gasteiger partial charge in [-0.2, -0.15) is 0 Å². The second-order valence-electron chi connectivity index (χ2n) is 11.0. The van der Waals surface area contributed by atoms with E-state index in [4.69, 9.17) is 4.74 Å². The van der Waals surface area contributed by atoms with Gasteiger partial charge in [-0.25, -0.2) is 8.42 Å². The molecule has 4 aromatic rings. The van der Waals surface area contributed by atoms with E-state index in [-0.39, 0.29) is 28.5 Å². The number of nitrogens with one attached hydrogen (secondary N) is 3. The lowest BCUT2D eigenvalue weighted by Gasteiger charge is -2.20. The minimum absolute atomic E-state index is 0.0421. The topological polar surface area (TPSA) is 120 Å². The first-order valence-corrected chi connectivity index (χ1v) is 15.8. The zero-order valence-electron chi connectivity index (χ0n) is 26.3. The van der Waals surface area contributed by atoms with E-state index in [1.54, 1.807) is 68.7 Å². The van der Waals surface area contributed by atoms with Gasteiger partial charge in [0.05, 0.1) is 18.4 Å². The van der Waals surface area contributed by atoms with E-state index in [0.717, 1.165) is 5.69 Å². The summed E-state index contributed by atoms with van der Waals surface area (Å²) in [6, 6.07) is 26.0. The van der Waals surface area contributed by atoms with Crippen molar-refractivity contribution in [2.75, 3.05) is 56.8 Å². The summed E-state index contributed by atoms with van der Waals surface area (Å²) in [5.41, 5.74) is 4.23. The smallest absolute Gasteiger partial charge is 0.265 e. The maximum Gasteiger partial charge on any atom is 0.265 e. The molecule has 0 aliphatic carbocycles. The summed E-state index contributed by atoms with van der Waals surface area (Å²) in [7, 11) is 4.47. The number of hydrogen-bond acceptors (Lipinski definition) is 7. The van der Waals surface area contributed by atoms with Crippen molar-refractivity contribution in [1.82, 2.24) is 10.2 Å². The maximum atomic E-state index is 13.6. The minimum atomic E-state index is -4.07. The van der Waals surface area contributed by atoms with E-state index in [1.807, 2.05) is 56.3 Å². The van der Waals surface area contributed by atoms with Crippen LogP contribution in [0, 0.1) is 0 Å². The third-order valence-corrected chi connectivity index (χ3v) is 8.44. The number of hydrogen-bond donors (Lipinski definition) is 3. The second kappa shape index (κ2) is 14.2. The molecule has 45 heavy (non-hydrogen) atoms. The van der Waals surface area contributed by atoms with E-state index in [1.165, 1.54) is 18.1 Å². The monoisotopic (exact) mass is 629 g/mol. The lowest BCUT2D eigenvalue weighted by molar-refractivity contribution is 0.0827. The van der Waals surface area contributed by atoms with Crippen LogP contribution in [0.25, 0.3) is 11.1 Å². The van der Waals surface area contributed by atoms with Crippen LogP contribution in [-0.2, 0) is 10.0 Å². The fourth-order valence-electron chi connectivity index (χ4n) is 4.74. The summed E-state index contributed by atoms with van der Waals surface area (Å²) in [6.45, 7) is 2.30. The lowest BCUT2D eigenvalue weighted by Crippen LogP contribution is -2.38. The molecule has 10 nitrogen and oxygen atoms in total. The van der Waals surface area contributed by atoms with Crippen molar-refractivity contribution in [3.8, 4) is 16.9 Å². The second-order valence-corrected chi connectivity index (χ2v) is 12.7. The first-order valence-electron chi connectivity index (χ1n) is 14.3. The molecule has 4 rings (SSSR count). The summed E-state index contributed by atoms with van der Waals surface area (Å²) < 4.78 is 35.3. The van der Waals surface area contributed by atoms with E-state index in [2.05, 4.69) is 15.4 Å². The molecule has 0 radical (unpaired) electrons. The molecule has 0 bridgehead atoms. The molecule has 2 amide bonds. The van der Waals surface area contributed by atoms with E-state index in [9.17, 15) is 18.0 Å². The molecule has 11 heteroatoms. The highest BCUT2D eigenvalue weighted by molar-refractivity contribution is 7.92. The average Bonchev–Trinajstić information content (AvgIpc) is 3.03.